The number of H-pyrrole nitrogens is 1. The third-order valence-corrected chi connectivity index (χ3v) is 4.12. The first-order valence-electron chi connectivity index (χ1n) is 7.07. The van der Waals surface area contributed by atoms with Crippen molar-refractivity contribution in [1.82, 2.24) is 15.1 Å². The Morgan fingerprint density at radius 3 is 2.90 bits per heavy atom. The minimum atomic E-state index is 0.426. The van der Waals surface area contributed by atoms with Crippen LogP contribution >= 0.6 is 0 Å². The van der Waals surface area contributed by atoms with Crippen molar-refractivity contribution >= 4 is 0 Å². The number of nitrogens with zero attached hydrogens (tertiary/aromatic N) is 3. The number of nitriles is 1. The van der Waals surface area contributed by atoms with Gasteiger partial charge in [-0.15, -0.1) is 0 Å². The molecule has 2 heterocycles. The van der Waals surface area contributed by atoms with E-state index in [2.05, 4.69) is 46.3 Å². The van der Waals surface area contributed by atoms with Gasteiger partial charge in [-0.3, -0.25) is 10.00 Å². The second-order valence-electron chi connectivity index (χ2n) is 5.31. The number of hydrogen-bond acceptors (Lipinski definition) is 3. The maximum atomic E-state index is 9.09. The molecule has 1 atom stereocenters. The van der Waals surface area contributed by atoms with E-state index in [-0.39, 0.29) is 0 Å². The average Bonchev–Trinajstić information content (AvgIpc) is 3.17. The van der Waals surface area contributed by atoms with Crippen LogP contribution in [-0.2, 0) is 0 Å². The van der Waals surface area contributed by atoms with E-state index >= 15 is 0 Å². The summed E-state index contributed by atoms with van der Waals surface area (Å²) in [6.07, 6.45) is 4.31. The van der Waals surface area contributed by atoms with E-state index in [1.165, 1.54) is 31.5 Å². The topological polar surface area (TPSA) is 55.7 Å². The molecule has 1 saturated heterocycles. The van der Waals surface area contributed by atoms with E-state index in [4.69, 9.17) is 5.26 Å². The maximum absolute atomic E-state index is 9.09. The molecule has 1 N–H and O–H groups in total. The molecule has 4 nitrogen and oxygen atoms in total. The Hall–Kier alpha value is -2.12. The molecular formula is C16H18N4. The fourth-order valence-electron chi connectivity index (χ4n) is 2.90. The Morgan fingerprint density at radius 1 is 1.35 bits per heavy atom. The van der Waals surface area contributed by atoms with Gasteiger partial charge in [0, 0.05) is 11.6 Å². The van der Waals surface area contributed by atoms with E-state index in [0.717, 1.165) is 11.1 Å². The molecule has 3 rings (SSSR count). The van der Waals surface area contributed by atoms with Crippen LogP contribution in [0.3, 0.4) is 0 Å². The van der Waals surface area contributed by atoms with E-state index < -0.39 is 0 Å². The normalized spacial score (nSPS) is 17.0. The van der Waals surface area contributed by atoms with Crippen LogP contribution < -0.4 is 0 Å². The zero-order valence-corrected chi connectivity index (χ0v) is 11.6. The van der Waals surface area contributed by atoms with Crippen LogP contribution in [0, 0.1) is 11.3 Å². The highest BCUT2D eigenvalue weighted by molar-refractivity contribution is 5.68. The van der Waals surface area contributed by atoms with Crippen molar-refractivity contribution < 1.29 is 0 Å². The van der Waals surface area contributed by atoms with Gasteiger partial charge in [-0.2, -0.15) is 10.4 Å². The van der Waals surface area contributed by atoms with Crippen LogP contribution in [0.4, 0.5) is 0 Å². The largest absolute Gasteiger partial charge is 0.297 e. The summed E-state index contributed by atoms with van der Waals surface area (Å²) in [6.45, 7) is 4.62. The Balaban J connectivity index is 1.92. The Morgan fingerprint density at radius 2 is 2.15 bits per heavy atom. The summed E-state index contributed by atoms with van der Waals surface area (Å²) in [4.78, 5) is 2.51. The summed E-state index contributed by atoms with van der Waals surface area (Å²) < 4.78 is 0. The minimum absolute atomic E-state index is 0.426. The first-order valence-corrected chi connectivity index (χ1v) is 7.07. The van der Waals surface area contributed by atoms with Crippen molar-refractivity contribution in [2.75, 3.05) is 13.1 Å². The van der Waals surface area contributed by atoms with Crippen LogP contribution in [0.15, 0.2) is 30.5 Å². The molecule has 1 aromatic carbocycles. The van der Waals surface area contributed by atoms with Crippen LogP contribution in [-0.4, -0.2) is 28.2 Å². The van der Waals surface area contributed by atoms with Crippen molar-refractivity contribution in [2.24, 2.45) is 0 Å². The molecule has 2 aromatic rings. The lowest BCUT2D eigenvalue weighted by atomic mass is 10.00. The summed E-state index contributed by atoms with van der Waals surface area (Å²) in [5, 5.41) is 15.8. The van der Waals surface area contributed by atoms with Gasteiger partial charge in [0.15, 0.2) is 0 Å². The number of aromatic amines is 1. The Labute approximate surface area is 119 Å². The highest BCUT2D eigenvalue weighted by Crippen LogP contribution is 2.29. The summed E-state index contributed by atoms with van der Waals surface area (Å²) in [7, 11) is 0. The predicted octanol–water partition coefficient (Wildman–Crippen LogP) is 3.11. The first kappa shape index (κ1) is 12.9. The van der Waals surface area contributed by atoms with Gasteiger partial charge in [0.05, 0.1) is 6.20 Å². The standard InChI is InChI=1S/C16H18N4/c1-12(20-7-2-3-8-20)13-5-4-6-14(9-13)15-11-18-19-16(15)10-17/h4-6,9,11-12H,2-3,7-8H2,1H3,(H,18,19)/t12-/m1/s1. The lowest BCUT2D eigenvalue weighted by Crippen LogP contribution is -2.23. The third-order valence-electron chi connectivity index (χ3n) is 4.12. The molecule has 20 heavy (non-hydrogen) atoms. The first-order chi connectivity index (χ1) is 9.79. The molecule has 0 spiro atoms. The molecule has 0 unspecified atom stereocenters. The van der Waals surface area contributed by atoms with Gasteiger partial charge in [0.25, 0.3) is 0 Å². The zero-order chi connectivity index (χ0) is 13.9. The van der Waals surface area contributed by atoms with Gasteiger partial charge in [0.2, 0.25) is 0 Å². The van der Waals surface area contributed by atoms with Crippen LogP contribution in [0.1, 0.15) is 37.1 Å². The molecule has 0 aliphatic carbocycles. The van der Waals surface area contributed by atoms with E-state index in [0.29, 0.717) is 11.7 Å². The molecule has 102 valence electrons. The summed E-state index contributed by atoms with van der Waals surface area (Å²) in [5.41, 5.74) is 3.76. The smallest absolute Gasteiger partial charge is 0.143 e. The molecule has 0 radical (unpaired) electrons. The fourth-order valence-corrected chi connectivity index (χ4v) is 2.90. The van der Waals surface area contributed by atoms with Crippen LogP contribution in [0.25, 0.3) is 11.1 Å². The number of likely N-dealkylation sites (tertiary alicyclic amines) is 1. The number of benzene rings is 1. The highest BCUT2D eigenvalue weighted by atomic mass is 15.2. The van der Waals surface area contributed by atoms with Crippen LogP contribution in [0.2, 0.25) is 0 Å². The van der Waals surface area contributed by atoms with Gasteiger partial charge >= 0.3 is 0 Å². The predicted molar refractivity (Wildman–Crippen MR) is 78.0 cm³/mol. The van der Waals surface area contributed by atoms with E-state index in [1.54, 1.807) is 6.20 Å². The maximum Gasteiger partial charge on any atom is 0.143 e. The lowest BCUT2D eigenvalue weighted by Gasteiger charge is -2.24. The second-order valence-corrected chi connectivity index (χ2v) is 5.31. The zero-order valence-electron chi connectivity index (χ0n) is 11.6. The van der Waals surface area contributed by atoms with Gasteiger partial charge in [-0.1, -0.05) is 18.2 Å². The van der Waals surface area contributed by atoms with Crippen molar-refractivity contribution in [2.45, 2.75) is 25.8 Å². The van der Waals surface area contributed by atoms with Gasteiger partial charge < -0.3 is 0 Å². The summed E-state index contributed by atoms with van der Waals surface area (Å²) in [5.74, 6) is 0. The van der Waals surface area contributed by atoms with E-state index in [9.17, 15) is 0 Å². The molecule has 1 aromatic heterocycles. The molecular weight excluding hydrogens is 248 g/mol. The average molecular weight is 266 g/mol. The number of hydrogen-bond donors (Lipinski definition) is 1. The Bertz CT molecular complexity index is 632. The Kier molecular flexibility index (Phi) is 3.53. The highest BCUT2D eigenvalue weighted by Gasteiger charge is 2.19. The van der Waals surface area contributed by atoms with Gasteiger partial charge in [0.1, 0.15) is 11.8 Å². The fraction of sp³-hybridized carbons (Fsp3) is 0.375. The van der Waals surface area contributed by atoms with Crippen molar-refractivity contribution in [1.29, 1.82) is 5.26 Å². The molecule has 1 fully saturated rings. The molecule has 4 heteroatoms. The summed E-state index contributed by atoms with van der Waals surface area (Å²) in [6, 6.07) is 11.0. The van der Waals surface area contributed by atoms with Gasteiger partial charge in [-0.25, -0.2) is 0 Å². The van der Waals surface area contributed by atoms with Crippen molar-refractivity contribution in [3.8, 4) is 17.2 Å². The third kappa shape index (κ3) is 2.33. The summed E-state index contributed by atoms with van der Waals surface area (Å²) >= 11 is 0. The van der Waals surface area contributed by atoms with Gasteiger partial charge in [-0.05, 0) is 50.0 Å². The molecule has 1 aliphatic rings. The van der Waals surface area contributed by atoms with Crippen LogP contribution in [0.5, 0.6) is 0 Å². The minimum Gasteiger partial charge on any atom is -0.297 e. The number of rotatable bonds is 3. The van der Waals surface area contributed by atoms with Crippen molar-refractivity contribution in [3.63, 3.8) is 0 Å². The number of nitrogens with one attached hydrogen (secondary N) is 1. The molecule has 1 aliphatic heterocycles. The lowest BCUT2D eigenvalue weighted by molar-refractivity contribution is 0.263. The quantitative estimate of drug-likeness (QED) is 0.928. The monoisotopic (exact) mass is 266 g/mol. The molecule has 0 saturated carbocycles. The van der Waals surface area contributed by atoms with Crippen molar-refractivity contribution in [3.05, 3.63) is 41.7 Å². The molecule has 0 amide bonds. The number of aromatic nitrogens is 2. The second kappa shape index (κ2) is 5.48. The molecule has 0 bridgehead atoms. The van der Waals surface area contributed by atoms with E-state index in [1.807, 2.05) is 6.07 Å². The SMILES string of the molecule is C[C@H](c1cccc(-c2cn[nH]c2C#N)c1)N1CCCC1.